The van der Waals surface area contributed by atoms with Crippen LogP contribution in [0, 0.1) is 11.8 Å². The number of carboxylic acid groups (broad SMARTS) is 1. The van der Waals surface area contributed by atoms with Crippen molar-refractivity contribution in [2.75, 3.05) is 0 Å². The monoisotopic (exact) mass is 227 g/mol. The molecule has 3 atom stereocenters. The number of rotatable bonds is 5. The highest BCUT2D eigenvalue weighted by Crippen LogP contribution is 2.31. The van der Waals surface area contributed by atoms with E-state index in [4.69, 9.17) is 5.11 Å². The topological polar surface area (TPSA) is 66.4 Å². The first-order chi connectivity index (χ1) is 7.54. The Morgan fingerprint density at radius 3 is 2.50 bits per heavy atom. The van der Waals surface area contributed by atoms with Crippen molar-refractivity contribution < 1.29 is 14.7 Å². The Kier molecular flexibility index (Phi) is 4.77. The summed E-state index contributed by atoms with van der Waals surface area (Å²) in [6.45, 7) is 4.07. The van der Waals surface area contributed by atoms with Crippen molar-refractivity contribution in [1.82, 2.24) is 5.32 Å². The van der Waals surface area contributed by atoms with Gasteiger partial charge in [-0.05, 0) is 32.6 Å². The Hall–Kier alpha value is -1.06. The molecule has 0 aliphatic heterocycles. The van der Waals surface area contributed by atoms with Crippen molar-refractivity contribution in [3.63, 3.8) is 0 Å². The molecule has 3 unspecified atom stereocenters. The lowest BCUT2D eigenvalue weighted by Gasteiger charge is -2.16. The third kappa shape index (κ3) is 3.51. The summed E-state index contributed by atoms with van der Waals surface area (Å²) < 4.78 is 0. The summed E-state index contributed by atoms with van der Waals surface area (Å²) in [4.78, 5) is 22.6. The van der Waals surface area contributed by atoms with Crippen LogP contribution in [-0.2, 0) is 9.59 Å². The molecule has 0 bridgehead atoms. The maximum atomic E-state index is 11.8. The quantitative estimate of drug-likeness (QED) is 0.752. The molecule has 2 N–H and O–H groups in total. The molecule has 4 nitrogen and oxygen atoms in total. The third-order valence-corrected chi connectivity index (χ3v) is 3.26. The van der Waals surface area contributed by atoms with Crippen molar-refractivity contribution in [1.29, 1.82) is 0 Å². The number of carboxylic acids is 1. The van der Waals surface area contributed by atoms with Crippen molar-refractivity contribution in [3.8, 4) is 0 Å². The van der Waals surface area contributed by atoms with Gasteiger partial charge in [0.15, 0.2) is 0 Å². The summed E-state index contributed by atoms with van der Waals surface area (Å²) in [5, 5.41) is 11.8. The number of hydrogen-bond acceptors (Lipinski definition) is 2. The second kappa shape index (κ2) is 5.87. The average Bonchev–Trinajstić information content (AvgIpc) is 2.66. The van der Waals surface area contributed by atoms with Crippen LogP contribution in [0.1, 0.15) is 46.0 Å². The van der Waals surface area contributed by atoms with E-state index < -0.39 is 5.97 Å². The molecule has 16 heavy (non-hydrogen) atoms. The second-order valence-electron chi connectivity index (χ2n) is 4.74. The summed E-state index contributed by atoms with van der Waals surface area (Å²) in [5.41, 5.74) is 0. The lowest BCUT2D eigenvalue weighted by Crippen LogP contribution is -2.36. The summed E-state index contributed by atoms with van der Waals surface area (Å²) in [5.74, 6) is -1.15. The van der Waals surface area contributed by atoms with Gasteiger partial charge < -0.3 is 10.4 Å². The fraction of sp³-hybridized carbons (Fsp3) is 0.833. The molecule has 0 aromatic heterocycles. The Bertz CT molecular complexity index is 265. The van der Waals surface area contributed by atoms with Gasteiger partial charge in [-0.2, -0.15) is 0 Å². The molecule has 1 rings (SSSR count). The molecule has 4 heteroatoms. The van der Waals surface area contributed by atoms with Crippen LogP contribution in [0.25, 0.3) is 0 Å². The number of amides is 1. The fourth-order valence-electron chi connectivity index (χ4n) is 2.31. The van der Waals surface area contributed by atoms with E-state index in [0.717, 1.165) is 12.8 Å². The van der Waals surface area contributed by atoms with Gasteiger partial charge in [-0.25, -0.2) is 0 Å². The van der Waals surface area contributed by atoms with E-state index in [1.54, 1.807) is 0 Å². The van der Waals surface area contributed by atoms with Crippen molar-refractivity contribution in [3.05, 3.63) is 0 Å². The Morgan fingerprint density at radius 2 is 2.00 bits per heavy atom. The van der Waals surface area contributed by atoms with E-state index in [0.29, 0.717) is 19.3 Å². The van der Waals surface area contributed by atoms with Crippen LogP contribution < -0.4 is 5.32 Å². The minimum atomic E-state index is -0.767. The number of hydrogen-bond donors (Lipinski definition) is 2. The predicted octanol–water partition coefficient (Wildman–Crippen LogP) is 1.79. The Morgan fingerprint density at radius 1 is 1.38 bits per heavy atom. The SMILES string of the molecule is CCCC(C)NC(=O)C1CCC(C(=O)O)C1. The Balaban J connectivity index is 2.36. The fourth-order valence-corrected chi connectivity index (χ4v) is 2.31. The third-order valence-electron chi connectivity index (χ3n) is 3.26. The highest BCUT2D eigenvalue weighted by Gasteiger charge is 2.33. The molecule has 1 amide bonds. The van der Waals surface area contributed by atoms with Gasteiger partial charge in [0.2, 0.25) is 5.91 Å². The Labute approximate surface area is 96.4 Å². The largest absolute Gasteiger partial charge is 0.481 e. The van der Waals surface area contributed by atoms with Gasteiger partial charge in [0.25, 0.3) is 0 Å². The van der Waals surface area contributed by atoms with Gasteiger partial charge in [-0.1, -0.05) is 13.3 Å². The molecule has 92 valence electrons. The lowest BCUT2D eigenvalue weighted by atomic mass is 10.0. The van der Waals surface area contributed by atoms with E-state index in [1.165, 1.54) is 0 Å². The van der Waals surface area contributed by atoms with Crippen LogP contribution >= 0.6 is 0 Å². The van der Waals surface area contributed by atoms with E-state index in [-0.39, 0.29) is 23.8 Å². The smallest absolute Gasteiger partial charge is 0.306 e. The molecule has 1 aliphatic carbocycles. The summed E-state index contributed by atoms with van der Waals surface area (Å²) in [6, 6.07) is 0.196. The summed E-state index contributed by atoms with van der Waals surface area (Å²) >= 11 is 0. The maximum Gasteiger partial charge on any atom is 0.306 e. The zero-order valence-corrected chi connectivity index (χ0v) is 10.0. The normalized spacial score (nSPS) is 26.4. The van der Waals surface area contributed by atoms with Crippen molar-refractivity contribution in [2.45, 2.75) is 52.0 Å². The molecular formula is C12H21NO3. The van der Waals surface area contributed by atoms with Gasteiger partial charge in [-0.15, -0.1) is 0 Å². The van der Waals surface area contributed by atoms with Gasteiger partial charge in [0, 0.05) is 12.0 Å². The summed E-state index contributed by atoms with van der Waals surface area (Å²) in [6.07, 6.45) is 3.86. The van der Waals surface area contributed by atoms with E-state index in [1.807, 2.05) is 6.92 Å². The first-order valence-electron chi connectivity index (χ1n) is 6.07. The number of carbonyl (C=O) groups is 2. The van der Waals surface area contributed by atoms with E-state index in [2.05, 4.69) is 12.2 Å². The lowest BCUT2D eigenvalue weighted by molar-refractivity contribution is -0.141. The van der Waals surface area contributed by atoms with Gasteiger partial charge in [0.05, 0.1) is 5.92 Å². The zero-order chi connectivity index (χ0) is 12.1. The van der Waals surface area contributed by atoms with E-state index in [9.17, 15) is 9.59 Å². The minimum Gasteiger partial charge on any atom is -0.481 e. The van der Waals surface area contributed by atoms with Gasteiger partial charge in [0.1, 0.15) is 0 Å². The number of carbonyl (C=O) groups excluding carboxylic acids is 1. The van der Waals surface area contributed by atoms with E-state index >= 15 is 0 Å². The first kappa shape index (κ1) is 13.0. The molecule has 0 saturated heterocycles. The highest BCUT2D eigenvalue weighted by molar-refractivity contribution is 5.81. The molecule has 0 radical (unpaired) electrons. The van der Waals surface area contributed by atoms with Crippen LogP contribution in [0.5, 0.6) is 0 Å². The minimum absolute atomic E-state index is 0.0321. The molecule has 0 spiro atoms. The van der Waals surface area contributed by atoms with Gasteiger partial charge >= 0.3 is 5.97 Å². The van der Waals surface area contributed by atoms with Crippen molar-refractivity contribution in [2.24, 2.45) is 11.8 Å². The summed E-state index contributed by atoms with van der Waals surface area (Å²) in [7, 11) is 0. The standard InChI is InChI=1S/C12H21NO3/c1-3-4-8(2)13-11(14)9-5-6-10(7-9)12(15)16/h8-10H,3-7H2,1-2H3,(H,13,14)(H,15,16). The highest BCUT2D eigenvalue weighted by atomic mass is 16.4. The number of nitrogens with one attached hydrogen (secondary N) is 1. The molecule has 0 aromatic rings. The van der Waals surface area contributed by atoms with Crippen LogP contribution in [-0.4, -0.2) is 23.0 Å². The van der Waals surface area contributed by atoms with Crippen molar-refractivity contribution >= 4 is 11.9 Å². The average molecular weight is 227 g/mol. The molecule has 0 aromatic carbocycles. The van der Waals surface area contributed by atoms with Gasteiger partial charge in [-0.3, -0.25) is 9.59 Å². The molecule has 1 fully saturated rings. The van der Waals surface area contributed by atoms with Crippen LogP contribution in [0.15, 0.2) is 0 Å². The predicted molar refractivity (Wildman–Crippen MR) is 61.0 cm³/mol. The molecular weight excluding hydrogens is 206 g/mol. The maximum absolute atomic E-state index is 11.8. The molecule has 1 aliphatic rings. The second-order valence-corrected chi connectivity index (χ2v) is 4.74. The van der Waals surface area contributed by atoms with Crippen LogP contribution in [0.2, 0.25) is 0 Å². The van der Waals surface area contributed by atoms with Crippen LogP contribution in [0.4, 0.5) is 0 Å². The molecule has 1 saturated carbocycles. The first-order valence-corrected chi connectivity index (χ1v) is 6.07. The molecule has 0 heterocycles. The van der Waals surface area contributed by atoms with Crippen LogP contribution in [0.3, 0.4) is 0 Å². The zero-order valence-electron chi connectivity index (χ0n) is 10.0. The number of aliphatic carboxylic acids is 1.